The fourth-order valence-corrected chi connectivity index (χ4v) is 4.35. The summed E-state index contributed by atoms with van der Waals surface area (Å²) in [5.41, 5.74) is -4.75. The number of allylic oxidation sites excluding steroid dienone is 1. The lowest BCUT2D eigenvalue weighted by molar-refractivity contribution is -0.507. The van der Waals surface area contributed by atoms with E-state index in [-0.39, 0.29) is 6.42 Å². The van der Waals surface area contributed by atoms with E-state index in [9.17, 15) is 32.2 Å². The van der Waals surface area contributed by atoms with E-state index in [2.05, 4.69) is 4.74 Å². The molecule has 8 heteroatoms. The van der Waals surface area contributed by atoms with Crippen LogP contribution in [0.1, 0.15) is 20.3 Å². The second kappa shape index (κ2) is 3.60. The lowest BCUT2D eigenvalue weighted by Gasteiger charge is -2.59. The van der Waals surface area contributed by atoms with Crippen LogP contribution in [-0.4, -0.2) is 39.3 Å². The Labute approximate surface area is 117 Å². The molecule has 0 aromatic heterocycles. The highest BCUT2D eigenvalue weighted by Gasteiger charge is 2.87. The highest BCUT2D eigenvalue weighted by Crippen LogP contribution is 2.68. The molecule has 0 amide bonds. The number of halogens is 5. The van der Waals surface area contributed by atoms with Crippen LogP contribution in [0.4, 0.5) is 22.0 Å². The van der Waals surface area contributed by atoms with Crippen LogP contribution in [0.2, 0.25) is 0 Å². The molecule has 120 valence electrons. The van der Waals surface area contributed by atoms with Gasteiger partial charge < -0.3 is 14.9 Å². The number of hydrogen-bond acceptors (Lipinski definition) is 3. The van der Waals surface area contributed by atoms with Crippen LogP contribution in [-0.2, 0) is 4.74 Å². The van der Waals surface area contributed by atoms with Crippen LogP contribution >= 0.6 is 0 Å². The van der Waals surface area contributed by atoms with E-state index >= 15 is 0 Å². The molecule has 1 saturated heterocycles. The first-order valence-electron chi connectivity index (χ1n) is 6.57. The standard InChI is InChI=1S/C13H15F5O3/c1-9(2)8-6-3-4-7(5-6)10(8,19)11(14,15)12(20,21-9)13(16,17)18/h3-4,6-8,19-20H,5H2,1-2H3. The lowest BCUT2D eigenvalue weighted by atomic mass is 9.63. The molecule has 0 aromatic carbocycles. The van der Waals surface area contributed by atoms with Crippen LogP contribution < -0.4 is 0 Å². The van der Waals surface area contributed by atoms with Crippen LogP contribution in [0.25, 0.3) is 0 Å². The largest absolute Gasteiger partial charge is 0.449 e. The first kappa shape index (κ1) is 15.2. The molecular weight excluding hydrogens is 299 g/mol. The van der Waals surface area contributed by atoms with Crippen LogP contribution in [0.3, 0.4) is 0 Å². The molecule has 2 aliphatic carbocycles. The number of hydrogen-bond donors (Lipinski definition) is 2. The van der Waals surface area contributed by atoms with Crippen molar-refractivity contribution in [2.45, 2.75) is 49.4 Å². The third-order valence-electron chi connectivity index (χ3n) is 5.06. The van der Waals surface area contributed by atoms with Crippen molar-refractivity contribution in [1.82, 2.24) is 0 Å². The van der Waals surface area contributed by atoms with Gasteiger partial charge in [-0.2, -0.15) is 22.0 Å². The summed E-state index contributed by atoms with van der Waals surface area (Å²) < 4.78 is 72.6. The molecule has 2 N–H and O–H groups in total. The van der Waals surface area contributed by atoms with Crippen LogP contribution in [0.5, 0.6) is 0 Å². The van der Waals surface area contributed by atoms with Crippen molar-refractivity contribution in [1.29, 1.82) is 0 Å². The summed E-state index contributed by atoms with van der Waals surface area (Å²) in [7, 11) is 0. The third kappa shape index (κ3) is 1.44. The minimum Gasteiger partial charge on any atom is -0.382 e. The van der Waals surface area contributed by atoms with E-state index in [0.717, 1.165) is 0 Å². The molecule has 2 bridgehead atoms. The summed E-state index contributed by atoms with van der Waals surface area (Å²) in [6, 6.07) is 0. The average molecular weight is 314 g/mol. The molecule has 1 heterocycles. The number of aliphatic hydroxyl groups is 2. The number of rotatable bonds is 0. The quantitative estimate of drug-likeness (QED) is 0.532. The Morgan fingerprint density at radius 2 is 1.71 bits per heavy atom. The van der Waals surface area contributed by atoms with E-state index in [4.69, 9.17) is 0 Å². The van der Waals surface area contributed by atoms with E-state index in [1.165, 1.54) is 19.9 Å². The summed E-state index contributed by atoms with van der Waals surface area (Å²) >= 11 is 0. The number of alkyl halides is 5. The van der Waals surface area contributed by atoms with Gasteiger partial charge >= 0.3 is 17.9 Å². The minimum absolute atomic E-state index is 0.123. The Bertz CT molecular complexity index is 514. The van der Waals surface area contributed by atoms with E-state index < -0.39 is 46.8 Å². The van der Waals surface area contributed by atoms with Gasteiger partial charge in [0, 0.05) is 11.8 Å². The molecule has 0 radical (unpaired) electrons. The zero-order valence-corrected chi connectivity index (χ0v) is 11.3. The maximum Gasteiger partial charge on any atom is 0.449 e. The summed E-state index contributed by atoms with van der Waals surface area (Å²) in [6.45, 7) is 2.37. The van der Waals surface area contributed by atoms with Gasteiger partial charge in [0.15, 0.2) is 0 Å². The van der Waals surface area contributed by atoms with Gasteiger partial charge in [0.05, 0.1) is 5.60 Å². The van der Waals surface area contributed by atoms with Crippen molar-refractivity contribution < 1.29 is 36.9 Å². The second-order valence-corrected chi connectivity index (χ2v) is 6.62. The van der Waals surface area contributed by atoms with Crippen LogP contribution in [0.15, 0.2) is 12.2 Å². The Hall–Kier alpha value is -0.730. The molecule has 0 aromatic rings. The van der Waals surface area contributed by atoms with Crippen molar-refractivity contribution in [3.05, 3.63) is 12.2 Å². The smallest absolute Gasteiger partial charge is 0.382 e. The number of ether oxygens (including phenoxy) is 1. The zero-order chi connectivity index (χ0) is 16.1. The summed E-state index contributed by atoms with van der Waals surface area (Å²) in [6.07, 6.45) is -2.70. The molecule has 5 unspecified atom stereocenters. The average Bonchev–Trinajstić information content (AvgIpc) is 2.84. The fourth-order valence-electron chi connectivity index (χ4n) is 4.35. The van der Waals surface area contributed by atoms with Gasteiger partial charge in [-0.05, 0) is 26.2 Å². The van der Waals surface area contributed by atoms with Crippen molar-refractivity contribution in [2.75, 3.05) is 0 Å². The zero-order valence-electron chi connectivity index (χ0n) is 11.3. The lowest BCUT2D eigenvalue weighted by Crippen LogP contribution is -2.80. The SMILES string of the molecule is CC1(C)OC(O)(C(F)(F)F)C(F)(F)C2(O)C3C=CC(C3)C12. The van der Waals surface area contributed by atoms with Gasteiger partial charge in [0.25, 0.3) is 0 Å². The van der Waals surface area contributed by atoms with E-state index in [1.54, 1.807) is 6.08 Å². The molecule has 0 spiro atoms. The molecule has 21 heavy (non-hydrogen) atoms. The molecule has 3 nitrogen and oxygen atoms in total. The van der Waals surface area contributed by atoms with Crippen molar-refractivity contribution in [3.63, 3.8) is 0 Å². The topological polar surface area (TPSA) is 49.7 Å². The predicted octanol–water partition coefficient (Wildman–Crippen LogP) is 2.23. The predicted molar refractivity (Wildman–Crippen MR) is 60.3 cm³/mol. The van der Waals surface area contributed by atoms with Crippen molar-refractivity contribution >= 4 is 0 Å². The molecule has 1 aliphatic heterocycles. The van der Waals surface area contributed by atoms with E-state index in [1.807, 2.05) is 0 Å². The van der Waals surface area contributed by atoms with Crippen molar-refractivity contribution in [2.24, 2.45) is 17.8 Å². The minimum atomic E-state index is -5.74. The first-order chi connectivity index (χ1) is 9.29. The monoisotopic (exact) mass is 314 g/mol. The normalized spacial score (nSPS) is 50.2. The second-order valence-electron chi connectivity index (χ2n) is 6.62. The molecule has 5 atom stereocenters. The van der Waals surface area contributed by atoms with Gasteiger partial charge in [0.2, 0.25) is 0 Å². The Morgan fingerprint density at radius 1 is 1.14 bits per heavy atom. The first-order valence-corrected chi connectivity index (χ1v) is 6.57. The fraction of sp³-hybridized carbons (Fsp3) is 0.846. The van der Waals surface area contributed by atoms with Gasteiger partial charge in [-0.3, -0.25) is 0 Å². The van der Waals surface area contributed by atoms with Gasteiger partial charge in [-0.15, -0.1) is 0 Å². The molecule has 1 saturated carbocycles. The van der Waals surface area contributed by atoms with E-state index in [0.29, 0.717) is 0 Å². The third-order valence-corrected chi connectivity index (χ3v) is 5.06. The van der Waals surface area contributed by atoms with Crippen LogP contribution in [0, 0.1) is 17.8 Å². The van der Waals surface area contributed by atoms with Gasteiger partial charge in [-0.1, -0.05) is 12.2 Å². The number of fused-ring (bicyclic) bond motifs is 5. The molecular formula is C13H15F5O3. The Morgan fingerprint density at radius 3 is 2.24 bits per heavy atom. The maximum absolute atomic E-state index is 14.5. The Balaban J connectivity index is 2.23. The van der Waals surface area contributed by atoms with Crippen molar-refractivity contribution in [3.8, 4) is 0 Å². The summed E-state index contributed by atoms with van der Waals surface area (Å²) in [4.78, 5) is 0. The van der Waals surface area contributed by atoms with Gasteiger partial charge in [-0.25, -0.2) is 0 Å². The summed E-state index contributed by atoms with van der Waals surface area (Å²) in [5, 5.41) is 20.2. The Kier molecular flexibility index (Phi) is 2.60. The highest BCUT2D eigenvalue weighted by atomic mass is 19.4. The molecule has 3 aliphatic rings. The summed E-state index contributed by atoms with van der Waals surface area (Å²) in [5.74, 6) is -12.5. The molecule has 2 fully saturated rings. The molecule has 3 rings (SSSR count). The maximum atomic E-state index is 14.5. The highest BCUT2D eigenvalue weighted by molar-refractivity contribution is 5.30. The van der Waals surface area contributed by atoms with Gasteiger partial charge in [0.1, 0.15) is 5.60 Å².